The van der Waals surface area contributed by atoms with Gasteiger partial charge >= 0.3 is 0 Å². The van der Waals surface area contributed by atoms with Crippen LogP contribution >= 0.6 is 0 Å². The van der Waals surface area contributed by atoms with Gasteiger partial charge in [0, 0.05) is 11.5 Å². The van der Waals surface area contributed by atoms with E-state index in [4.69, 9.17) is 0 Å². The van der Waals surface area contributed by atoms with Crippen LogP contribution in [0.2, 0.25) is 0 Å². The van der Waals surface area contributed by atoms with E-state index in [0.29, 0.717) is 6.04 Å². The lowest BCUT2D eigenvalue weighted by atomic mass is 9.65. The molecule has 2 aromatic carbocycles. The van der Waals surface area contributed by atoms with Gasteiger partial charge in [0.2, 0.25) is 0 Å². The summed E-state index contributed by atoms with van der Waals surface area (Å²) in [6, 6.07) is 15.4. The molecular formula is C34H53N. The fourth-order valence-electron chi connectivity index (χ4n) is 5.33. The molecule has 1 nitrogen and oxygen atoms in total. The van der Waals surface area contributed by atoms with Crippen molar-refractivity contribution in [1.82, 2.24) is 5.32 Å². The summed E-state index contributed by atoms with van der Waals surface area (Å²) in [5.74, 6) is 0. The summed E-state index contributed by atoms with van der Waals surface area (Å²) < 4.78 is 0. The molecule has 1 N–H and O–H groups in total. The zero-order valence-electron chi connectivity index (χ0n) is 25.2. The van der Waals surface area contributed by atoms with Crippen LogP contribution in [0.5, 0.6) is 0 Å². The van der Waals surface area contributed by atoms with Gasteiger partial charge in [-0.15, -0.1) is 0 Å². The highest BCUT2D eigenvalue weighted by Crippen LogP contribution is 2.44. The minimum absolute atomic E-state index is 0.101. The molecule has 1 heteroatoms. The van der Waals surface area contributed by atoms with E-state index < -0.39 is 0 Å². The van der Waals surface area contributed by atoms with E-state index in [-0.39, 0.29) is 27.1 Å². The van der Waals surface area contributed by atoms with Gasteiger partial charge in [-0.2, -0.15) is 0 Å². The largest absolute Gasteiger partial charge is 0.313 e. The third-order valence-corrected chi connectivity index (χ3v) is 8.29. The Bertz CT molecular complexity index is 898. The lowest BCUT2D eigenvalue weighted by molar-refractivity contribution is 0.402. The maximum absolute atomic E-state index is 3.93. The van der Waals surface area contributed by atoms with Crippen molar-refractivity contribution in [3.05, 3.63) is 69.8 Å². The maximum atomic E-state index is 3.93. The molecule has 0 spiro atoms. The van der Waals surface area contributed by atoms with Crippen molar-refractivity contribution in [3.8, 4) is 0 Å². The van der Waals surface area contributed by atoms with Gasteiger partial charge in [0.25, 0.3) is 0 Å². The average Bonchev–Trinajstić information content (AvgIpc) is 3.25. The molecule has 0 aliphatic carbocycles. The lowest BCUT2D eigenvalue weighted by Crippen LogP contribution is -2.44. The average molecular weight is 476 g/mol. The molecule has 1 heterocycles. The summed E-state index contributed by atoms with van der Waals surface area (Å²) in [7, 11) is 0. The van der Waals surface area contributed by atoms with Gasteiger partial charge in [0.15, 0.2) is 0 Å². The molecule has 1 atom stereocenters. The van der Waals surface area contributed by atoms with Crippen molar-refractivity contribution < 1.29 is 0 Å². The standard InChI is InChI=1S/C34H53N/c1-30(2,3)23-17-24(31(4,5)6)20-27(19-23)34(13,29-15-14-16-35-29)28-21-25(32(7,8)9)18-26(22-28)33(10,11)12/h17-22,29,35H,14-16H2,1-13H3/t29-/m0/s1. The van der Waals surface area contributed by atoms with Crippen LogP contribution in [0.15, 0.2) is 36.4 Å². The van der Waals surface area contributed by atoms with Crippen LogP contribution in [0.4, 0.5) is 0 Å². The molecule has 0 saturated carbocycles. The minimum Gasteiger partial charge on any atom is -0.313 e. The normalized spacial score (nSPS) is 18.3. The van der Waals surface area contributed by atoms with Crippen LogP contribution in [0.1, 0.15) is 136 Å². The summed E-state index contributed by atoms with van der Waals surface area (Å²) in [5.41, 5.74) is 8.96. The fraction of sp³-hybridized carbons (Fsp3) is 0.647. The Hall–Kier alpha value is -1.60. The molecule has 2 aromatic rings. The maximum Gasteiger partial charge on any atom is 0.0328 e. The van der Waals surface area contributed by atoms with E-state index in [1.165, 1.54) is 46.2 Å². The van der Waals surface area contributed by atoms with Crippen molar-refractivity contribution in [2.24, 2.45) is 0 Å². The van der Waals surface area contributed by atoms with Crippen LogP contribution in [0.25, 0.3) is 0 Å². The number of hydrogen-bond acceptors (Lipinski definition) is 1. The second-order valence-corrected chi connectivity index (χ2v) is 15.4. The molecule has 194 valence electrons. The smallest absolute Gasteiger partial charge is 0.0328 e. The quantitative estimate of drug-likeness (QED) is 0.467. The Kier molecular flexibility index (Phi) is 7.24. The Morgan fingerprint density at radius 3 is 1.00 bits per heavy atom. The van der Waals surface area contributed by atoms with Crippen LogP contribution in [0.3, 0.4) is 0 Å². The summed E-state index contributed by atoms with van der Waals surface area (Å²) >= 11 is 0. The highest BCUT2D eigenvalue weighted by molar-refractivity contribution is 5.50. The molecule has 0 unspecified atom stereocenters. The van der Waals surface area contributed by atoms with Crippen LogP contribution in [-0.2, 0) is 27.1 Å². The van der Waals surface area contributed by atoms with E-state index >= 15 is 0 Å². The van der Waals surface area contributed by atoms with Crippen molar-refractivity contribution >= 4 is 0 Å². The number of benzene rings is 2. The lowest BCUT2D eigenvalue weighted by Gasteiger charge is -2.41. The minimum atomic E-state index is -0.112. The highest BCUT2D eigenvalue weighted by atomic mass is 15.0. The summed E-state index contributed by atoms with van der Waals surface area (Å²) in [6.45, 7) is 31.8. The predicted molar refractivity (Wildman–Crippen MR) is 155 cm³/mol. The van der Waals surface area contributed by atoms with Crippen molar-refractivity contribution in [2.45, 2.75) is 136 Å². The van der Waals surface area contributed by atoms with E-state index in [0.717, 1.165) is 6.54 Å². The topological polar surface area (TPSA) is 12.0 Å². The molecule has 3 rings (SSSR count). The first kappa shape index (κ1) is 28.0. The predicted octanol–water partition coefficient (Wildman–Crippen LogP) is 8.93. The number of rotatable bonds is 3. The first-order valence-corrected chi connectivity index (χ1v) is 13.8. The SMILES string of the molecule is CC(C)(C)c1cc(C(C)(C)C)cc(C(C)(c2cc(C(C)(C)C)cc(C(C)(C)C)c2)[C@@H]2CCCN2)c1. The first-order chi connectivity index (χ1) is 15.7. The monoisotopic (exact) mass is 475 g/mol. The van der Waals surface area contributed by atoms with E-state index in [1.807, 2.05) is 0 Å². The summed E-state index contributed by atoms with van der Waals surface area (Å²) in [4.78, 5) is 0. The number of hydrogen-bond donors (Lipinski definition) is 1. The molecule has 0 radical (unpaired) electrons. The second-order valence-electron chi connectivity index (χ2n) is 15.4. The fourth-order valence-corrected chi connectivity index (χ4v) is 5.33. The molecular weight excluding hydrogens is 422 g/mol. The van der Waals surface area contributed by atoms with Gasteiger partial charge in [-0.25, -0.2) is 0 Å². The molecule has 35 heavy (non-hydrogen) atoms. The van der Waals surface area contributed by atoms with E-state index in [2.05, 4.69) is 132 Å². The zero-order chi connectivity index (χ0) is 26.6. The third-order valence-electron chi connectivity index (χ3n) is 8.29. The van der Waals surface area contributed by atoms with Crippen LogP contribution in [-0.4, -0.2) is 12.6 Å². The third kappa shape index (κ3) is 5.87. The Morgan fingerprint density at radius 2 is 0.771 bits per heavy atom. The first-order valence-electron chi connectivity index (χ1n) is 13.8. The van der Waals surface area contributed by atoms with Gasteiger partial charge in [-0.1, -0.05) is 119 Å². The second kappa shape index (κ2) is 9.05. The molecule has 1 fully saturated rings. The Labute approximate surface area is 217 Å². The van der Waals surface area contributed by atoms with Crippen molar-refractivity contribution in [1.29, 1.82) is 0 Å². The molecule has 1 saturated heterocycles. The molecule has 0 aromatic heterocycles. The van der Waals surface area contributed by atoms with Gasteiger partial charge < -0.3 is 5.32 Å². The van der Waals surface area contributed by atoms with Gasteiger partial charge in [-0.3, -0.25) is 0 Å². The highest BCUT2D eigenvalue weighted by Gasteiger charge is 2.41. The van der Waals surface area contributed by atoms with Crippen LogP contribution < -0.4 is 5.32 Å². The van der Waals surface area contributed by atoms with E-state index in [9.17, 15) is 0 Å². The summed E-state index contributed by atoms with van der Waals surface area (Å²) in [5, 5.41) is 3.93. The molecule has 0 amide bonds. The van der Waals surface area contributed by atoms with Crippen molar-refractivity contribution in [3.63, 3.8) is 0 Å². The Balaban J connectivity index is 2.41. The molecule has 0 bridgehead atoms. The molecule has 1 aliphatic heterocycles. The van der Waals surface area contributed by atoms with Crippen LogP contribution in [0, 0.1) is 0 Å². The zero-order valence-corrected chi connectivity index (χ0v) is 25.2. The molecule has 1 aliphatic rings. The number of nitrogens with one attached hydrogen (secondary N) is 1. The van der Waals surface area contributed by atoms with Gasteiger partial charge in [0.05, 0.1) is 0 Å². The Morgan fingerprint density at radius 1 is 0.486 bits per heavy atom. The summed E-state index contributed by atoms with van der Waals surface area (Å²) in [6.07, 6.45) is 2.46. The van der Waals surface area contributed by atoms with E-state index in [1.54, 1.807) is 0 Å². The van der Waals surface area contributed by atoms with Gasteiger partial charge in [0.1, 0.15) is 0 Å². The van der Waals surface area contributed by atoms with Crippen molar-refractivity contribution in [2.75, 3.05) is 6.54 Å². The van der Waals surface area contributed by atoms with Gasteiger partial charge in [-0.05, 0) is 81.4 Å².